The van der Waals surface area contributed by atoms with Crippen molar-refractivity contribution < 1.29 is 40.3 Å². The van der Waals surface area contributed by atoms with Gasteiger partial charge in [0.15, 0.2) is 0 Å². The number of rotatable bonds is 13. The summed E-state index contributed by atoms with van der Waals surface area (Å²) >= 11 is 0.952. The van der Waals surface area contributed by atoms with Crippen molar-refractivity contribution in [3.05, 3.63) is 0 Å². The van der Waals surface area contributed by atoms with Crippen molar-refractivity contribution in [1.29, 1.82) is 0 Å². The van der Waals surface area contributed by atoms with E-state index in [2.05, 4.69) is 0 Å². The van der Waals surface area contributed by atoms with Crippen LogP contribution in [0.3, 0.4) is 0 Å². The molecule has 0 aliphatic rings. The largest absolute Gasteiger partial charge is 0.465 e. The zero-order chi connectivity index (χ0) is 20.4. The van der Waals surface area contributed by atoms with Gasteiger partial charge in [0, 0.05) is 6.42 Å². The molecule has 0 saturated carbocycles. The fourth-order valence-electron chi connectivity index (χ4n) is 1.95. The van der Waals surface area contributed by atoms with Crippen LogP contribution < -0.4 is 0 Å². The van der Waals surface area contributed by atoms with E-state index in [1.54, 1.807) is 0 Å². The van der Waals surface area contributed by atoms with E-state index in [1.807, 2.05) is 13.8 Å². The molecule has 0 radical (unpaired) electrons. The number of alkyl halides is 7. The Hall–Kier alpha value is -0.670. The maximum atomic E-state index is 13.2. The normalized spacial score (nSPS) is 14.3. The van der Waals surface area contributed by atoms with Gasteiger partial charge >= 0.3 is 24.0 Å². The quantitative estimate of drug-likeness (QED) is 0.203. The third-order valence-corrected chi connectivity index (χ3v) is 4.95. The number of unbranched alkanes of at least 4 members (excludes halogenated alkanes) is 2. The van der Waals surface area contributed by atoms with Gasteiger partial charge in [-0.1, -0.05) is 33.1 Å². The second kappa shape index (κ2) is 11.2. The lowest BCUT2D eigenvalue weighted by Crippen LogP contribution is -2.51. The van der Waals surface area contributed by atoms with Crippen molar-refractivity contribution in [2.45, 2.75) is 82.1 Å². The van der Waals surface area contributed by atoms with E-state index in [1.165, 1.54) is 0 Å². The summed E-state index contributed by atoms with van der Waals surface area (Å²) in [5.74, 6) is -11.9. The van der Waals surface area contributed by atoms with E-state index >= 15 is 0 Å². The third-order valence-electron chi connectivity index (χ3n) is 3.59. The fourth-order valence-corrected chi connectivity index (χ4v) is 3.09. The molecule has 0 bridgehead atoms. The Morgan fingerprint density at radius 1 is 0.962 bits per heavy atom. The van der Waals surface area contributed by atoms with Gasteiger partial charge in [0.1, 0.15) is 5.25 Å². The number of hydrogen-bond donors (Lipinski definition) is 0. The molecule has 0 aromatic carbocycles. The predicted molar refractivity (Wildman–Crippen MR) is 86.8 cm³/mol. The average Bonchev–Trinajstić information content (AvgIpc) is 2.53. The van der Waals surface area contributed by atoms with Crippen LogP contribution in [0.25, 0.3) is 0 Å². The first-order chi connectivity index (χ1) is 11.9. The minimum absolute atomic E-state index is 0.138. The zero-order valence-corrected chi connectivity index (χ0v) is 15.6. The van der Waals surface area contributed by atoms with Gasteiger partial charge < -0.3 is 4.74 Å². The second-order valence-electron chi connectivity index (χ2n) is 5.90. The molecular weight excluding hydrogens is 389 g/mol. The van der Waals surface area contributed by atoms with Gasteiger partial charge in [-0.25, -0.2) is 0 Å². The first-order valence-electron chi connectivity index (χ1n) is 8.51. The smallest absolute Gasteiger partial charge is 0.459 e. The van der Waals surface area contributed by atoms with Crippen molar-refractivity contribution in [2.75, 3.05) is 12.4 Å². The number of carbonyl (C=O) groups excluding carboxylic acids is 1. The molecule has 2 nitrogen and oxygen atoms in total. The van der Waals surface area contributed by atoms with Gasteiger partial charge in [-0.2, -0.15) is 30.7 Å². The number of carbonyl (C=O) groups is 1. The molecule has 0 rings (SSSR count). The van der Waals surface area contributed by atoms with E-state index in [0.29, 0.717) is 19.3 Å². The fraction of sp³-hybridized carbons (Fsp3) is 0.938. The Morgan fingerprint density at radius 2 is 1.54 bits per heavy atom. The first-order valence-corrected chi connectivity index (χ1v) is 9.56. The molecule has 0 aliphatic carbocycles. The monoisotopic (exact) mass is 414 g/mol. The molecule has 0 aliphatic heterocycles. The van der Waals surface area contributed by atoms with Crippen LogP contribution in [-0.4, -0.2) is 41.6 Å². The summed E-state index contributed by atoms with van der Waals surface area (Å²) < 4.78 is 93.3. The summed E-state index contributed by atoms with van der Waals surface area (Å²) in [4.78, 5) is 11.9. The molecule has 0 aromatic heterocycles. The molecule has 0 amide bonds. The number of ether oxygens (including phenoxy) is 1. The molecule has 0 spiro atoms. The molecule has 0 fully saturated rings. The molecule has 0 heterocycles. The maximum Gasteiger partial charge on any atom is 0.459 e. The highest BCUT2D eigenvalue weighted by molar-refractivity contribution is 8.00. The summed E-state index contributed by atoms with van der Waals surface area (Å²) in [7, 11) is 0. The number of halogens is 7. The molecular formula is C16H25F7O2S. The highest BCUT2D eigenvalue weighted by Crippen LogP contribution is 2.48. The van der Waals surface area contributed by atoms with Gasteiger partial charge in [-0.15, -0.1) is 11.8 Å². The average molecular weight is 414 g/mol. The van der Waals surface area contributed by atoms with Gasteiger partial charge in [-0.3, -0.25) is 4.79 Å². The van der Waals surface area contributed by atoms with Crippen LogP contribution in [0, 0.1) is 0 Å². The summed E-state index contributed by atoms with van der Waals surface area (Å²) in [6.07, 6.45) is -5.10. The van der Waals surface area contributed by atoms with Crippen molar-refractivity contribution in [2.24, 2.45) is 0 Å². The topological polar surface area (TPSA) is 26.3 Å². The SMILES string of the molecule is CCCCOC(=O)C(CCCC)SCCCC(F)(F)C(F)(F)C(F)(F)F. The molecule has 1 atom stereocenters. The number of esters is 1. The summed E-state index contributed by atoms with van der Waals surface area (Å²) in [6, 6.07) is 0. The molecule has 1 unspecified atom stereocenters. The molecule has 156 valence electrons. The molecule has 0 saturated heterocycles. The van der Waals surface area contributed by atoms with E-state index in [0.717, 1.165) is 24.6 Å². The van der Waals surface area contributed by atoms with Crippen LogP contribution in [0.5, 0.6) is 0 Å². The number of hydrogen-bond acceptors (Lipinski definition) is 3. The first kappa shape index (κ1) is 25.3. The summed E-state index contributed by atoms with van der Waals surface area (Å²) in [5, 5.41) is -0.636. The Bertz CT molecular complexity index is 414. The van der Waals surface area contributed by atoms with Crippen LogP contribution in [0.1, 0.15) is 58.8 Å². The third kappa shape index (κ3) is 7.92. The minimum atomic E-state index is -6.31. The van der Waals surface area contributed by atoms with Crippen molar-refractivity contribution >= 4 is 17.7 Å². The Kier molecular flexibility index (Phi) is 10.9. The second-order valence-corrected chi connectivity index (χ2v) is 7.21. The highest BCUT2D eigenvalue weighted by atomic mass is 32.2. The minimum Gasteiger partial charge on any atom is -0.465 e. The molecule has 10 heteroatoms. The summed E-state index contributed by atoms with van der Waals surface area (Å²) in [5.41, 5.74) is 0. The van der Waals surface area contributed by atoms with Crippen LogP contribution in [0.2, 0.25) is 0 Å². The lowest BCUT2D eigenvalue weighted by molar-refractivity contribution is -0.355. The van der Waals surface area contributed by atoms with E-state index in [4.69, 9.17) is 4.74 Å². The van der Waals surface area contributed by atoms with Crippen LogP contribution >= 0.6 is 11.8 Å². The zero-order valence-electron chi connectivity index (χ0n) is 14.8. The highest BCUT2D eigenvalue weighted by Gasteiger charge is 2.72. The van der Waals surface area contributed by atoms with Gasteiger partial charge in [0.2, 0.25) is 0 Å². The van der Waals surface area contributed by atoms with E-state index in [9.17, 15) is 35.5 Å². The van der Waals surface area contributed by atoms with Crippen molar-refractivity contribution in [1.82, 2.24) is 0 Å². The van der Waals surface area contributed by atoms with Gasteiger partial charge in [0.25, 0.3) is 0 Å². The van der Waals surface area contributed by atoms with Gasteiger partial charge in [-0.05, 0) is 25.0 Å². The van der Waals surface area contributed by atoms with Crippen LogP contribution in [-0.2, 0) is 9.53 Å². The van der Waals surface area contributed by atoms with Crippen LogP contribution in [0.15, 0.2) is 0 Å². The summed E-state index contributed by atoms with van der Waals surface area (Å²) in [6.45, 7) is 4.03. The number of thioether (sulfide) groups is 1. The van der Waals surface area contributed by atoms with Crippen molar-refractivity contribution in [3.63, 3.8) is 0 Å². The predicted octanol–water partition coefficient (Wildman–Crippen LogP) is 6.23. The van der Waals surface area contributed by atoms with Crippen molar-refractivity contribution in [3.8, 4) is 0 Å². The van der Waals surface area contributed by atoms with E-state index < -0.39 is 42.1 Å². The molecule has 26 heavy (non-hydrogen) atoms. The lowest BCUT2D eigenvalue weighted by Gasteiger charge is -2.28. The molecule has 0 N–H and O–H groups in total. The van der Waals surface area contributed by atoms with Crippen LogP contribution in [0.4, 0.5) is 30.7 Å². The maximum absolute atomic E-state index is 13.2. The van der Waals surface area contributed by atoms with Gasteiger partial charge in [0.05, 0.1) is 6.61 Å². The lowest BCUT2D eigenvalue weighted by atomic mass is 10.1. The standard InChI is InChI=1S/C16H25F7O2S/c1-3-5-8-12(13(24)25-10-6-4-2)26-11-7-9-14(17,18)15(19,20)16(21,22)23/h12H,3-11H2,1-2H3. The van der Waals surface area contributed by atoms with E-state index in [-0.39, 0.29) is 12.4 Å². The Balaban J connectivity index is 4.55. The molecule has 0 aromatic rings. The Morgan fingerprint density at radius 3 is 2.04 bits per heavy atom. The Labute approximate surface area is 153 Å².